The summed E-state index contributed by atoms with van der Waals surface area (Å²) in [5.74, 6) is -0.0931. The third-order valence-electron chi connectivity index (χ3n) is 2.25. The van der Waals surface area contributed by atoms with E-state index in [1.165, 1.54) is 6.08 Å². The lowest BCUT2D eigenvalue weighted by Gasteiger charge is -2.26. The summed E-state index contributed by atoms with van der Waals surface area (Å²) in [5, 5.41) is 6.81. The minimum atomic E-state index is -0.0931. The number of amides is 1. The summed E-state index contributed by atoms with van der Waals surface area (Å²) < 4.78 is 6.66. The number of carbonyl (C=O) groups is 1. The number of rotatable bonds is 3. The number of nitrogens with zero attached hydrogens (tertiary/aromatic N) is 2. The third-order valence-corrected chi connectivity index (χ3v) is 2.25. The first-order valence-electron chi connectivity index (χ1n) is 4.80. The van der Waals surface area contributed by atoms with Crippen molar-refractivity contribution in [1.29, 1.82) is 0 Å². The molecule has 1 amide bonds. The largest absolute Gasteiger partial charge is 0.377 e. The molecule has 1 fully saturated rings. The van der Waals surface area contributed by atoms with Crippen LogP contribution in [0, 0.1) is 0 Å². The molecule has 0 atom stereocenters. The maximum absolute atomic E-state index is 11.4. The van der Waals surface area contributed by atoms with Crippen LogP contribution in [0.3, 0.4) is 0 Å². The molecule has 1 aliphatic rings. The molecule has 1 saturated heterocycles. The van der Waals surface area contributed by atoms with Crippen LogP contribution in [0.5, 0.6) is 0 Å². The van der Waals surface area contributed by atoms with E-state index in [0.717, 1.165) is 5.69 Å². The molecule has 5 nitrogen and oxygen atoms in total. The Morgan fingerprint density at radius 2 is 2.53 bits per heavy atom. The van der Waals surface area contributed by atoms with Crippen molar-refractivity contribution in [2.24, 2.45) is 7.05 Å². The minimum Gasteiger partial charge on any atom is -0.377 e. The van der Waals surface area contributed by atoms with Crippen molar-refractivity contribution < 1.29 is 9.53 Å². The van der Waals surface area contributed by atoms with Gasteiger partial charge in [-0.3, -0.25) is 9.48 Å². The van der Waals surface area contributed by atoms with Gasteiger partial charge in [-0.1, -0.05) is 0 Å². The summed E-state index contributed by atoms with van der Waals surface area (Å²) in [5.41, 5.74) is 0.898. The molecule has 1 aliphatic heterocycles. The summed E-state index contributed by atoms with van der Waals surface area (Å²) in [4.78, 5) is 11.4. The van der Waals surface area contributed by atoms with E-state index in [0.29, 0.717) is 13.2 Å². The Kier molecular flexibility index (Phi) is 2.82. The second kappa shape index (κ2) is 4.27. The quantitative estimate of drug-likeness (QED) is 0.707. The van der Waals surface area contributed by atoms with Crippen molar-refractivity contribution in [3.05, 3.63) is 24.0 Å². The highest BCUT2D eigenvalue weighted by molar-refractivity contribution is 5.91. The Morgan fingerprint density at radius 3 is 3.07 bits per heavy atom. The summed E-state index contributed by atoms with van der Waals surface area (Å²) in [6.07, 6.45) is 4.94. The summed E-state index contributed by atoms with van der Waals surface area (Å²) in [6.45, 7) is 1.23. The molecule has 0 radical (unpaired) electrons. The van der Waals surface area contributed by atoms with Crippen LogP contribution in [0.4, 0.5) is 0 Å². The van der Waals surface area contributed by atoms with Crippen LogP contribution in [-0.2, 0) is 16.6 Å². The van der Waals surface area contributed by atoms with Gasteiger partial charge in [0.05, 0.1) is 24.9 Å². The van der Waals surface area contributed by atoms with Crippen LogP contribution in [0.25, 0.3) is 6.08 Å². The van der Waals surface area contributed by atoms with Gasteiger partial charge in [-0.2, -0.15) is 5.10 Å². The molecular formula is C10H13N3O2. The lowest BCUT2D eigenvalue weighted by atomic mass is 10.2. The van der Waals surface area contributed by atoms with Gasteiger partial charge in [-0.25, -0.2) is 0 Å². The predicted molar refractivity (Wildman–Crippen MR) is 55.0 cm³/mol. The molecule has 15 heavy (non-hydrogen) atoms. The molecule has 2 heterocycles. The number of hydrogen-bond donors (Lipinski definition) is 1. The number of aryl methyl sites for hydroxylation is 1. The zero-order valence-corrected chi connectivity index (χ0v) is 8.51. The molecule has 1 aromatic heterocycles. The molecule has 0 aliphatic carbocycles. The second-order valence-corrected chi connectivity index (χ2v) is 3.46. The van der Waals surface area contributed by atoms with Crippen molar-refractivity contribution >= 4 is 12.0 Å². The van der Waals surface area contributed by atoms with E-state index in [-0.39, 0.29) is 11.9 Å². The monoisotopic (exact) mass is 207 g/mol. The van der Waals surface area contributed by atoms with Crippen LogP contribution >= 0.6 is 0 Å². The predicted octanol–water partition coefficient (Wildman–Crippen LogP) is -0.0517. The maximum atomic E-state index is 11.4. The molecule has 0 bridgehead atoms. The zero-order chi connectivity index (χ0) is 10.7. The minimum absolute atomic E-state index is 0.0931. The molecule has 0 spiro atoms. The summed E-state index contributed by atoms with van der Waals surface area (Å²) in [6, 6.07) is 2.02. The van der Waals surface area contributed by atoms with E-state index in [1.54, 1.807) is 17.0 Å². The Balaban J connectivity index is 1.87. The Hall–Kier alpha value is -1.62. The topological polar surface area (TPSA) is 56.2 Å². The average molecular weight is 207 g/mol. The first-order chi connectivity index (χ1) is 7.25. The zero-order valence-electron chi connectivity index (χ0n) is 8.51. The van der Waals surface area contributed by atoms with Crippen molar-refractivity contribution in [2.45, 2.75) is 6.04 Å². The molecule has 1 N–H and O–H groups in total. The van der Waals surface area contributed by atoms with Gasteiger partial charge in [0.2, 0.25) is 5.91 Å². The number of nitrogens with one attached hydrogen (secondary N) is 1. The van der Waals surface area contributed by atoms with Crippen LogP contribution in [0.2, 0.25) is 0 Å². The normalized spacial score (nSPS) is 16.6. The van der Waals surface area contributed by atoms with Crippen LogP contribution in [0.15, 0.2) is 18.3 Å². The van der Waals surface area contributed by atoms with Crippen molar-refractivity contribution in [2.75, 3.05) is 13.2 Å². The van der Waals surface area contributed by atoms with E-state index in [9.17, 15) is 4.79 Å². The van der Waals surface area contributed by atoms with Gasteiger partial charge in [0.1, 0.15) is 0 Å². The van der Waals surface area contributed by atoms with Gasteiger partial charge >= 0.3 is 0 Å². The highest BCUT2D eigenvalue weighted by Gasteiger charge is 2.18. The van der Waals surface area contributed by atoms with Crippen LogP contribution in [0.1, 0.15) is 5.69 Å². The number of carbonyl (C=O) groups excluding carboxylic acids is 1. The van der Waals surface area contributed by atoms with E-state index in [1.807, 2.05) is 13.1 Å². The van der Waals surface area contributed by atoms with Crippen LogP contribution in [-0.4, -0.2) is 34.9 Å². The number of aromatic nitrogens is 2. The van der Waals surface area contributed by atoms with Crippen molar-refractivity contribution in [3.8, 4) is 0 Å². The molecule has 5 heteroatoms. The smallest absolute Gasteiger partial charge is 0.244 e. The fourth-order valence-electron chi connectivity index (χ4n) is 1.28. The van der Waals surface area contributed by atoms with E-state index in [4.69, 9.17) is 4.74 Å². The van der Waals surface area contributed by atoms with Gasteiger partial charge in [0.25, 0.3) is 0 Å². The first-order valence-corrected chi connectivity index (χ1v) is 4.80. The van der Waals surface area contributed by atoms with Crippen molar-refractivity contribution in [1.82, 2.24) is 15.1 Å². The van der Waals surface area contributed by atoms with Gasteiger partial charge in [0.15, 0.2) is 0 Å². The Morgan fingerprint density at radius 1 is 1.73 bits per heavy atom. The maximum Gasteiger partial charge on any atom is 0.244 e. The third kappa shape index (κ3) is 2.44. The highest BCUT2D eigenvalue weighted by Crippen LogP contribution is 2.01. The fourth-order valence-corrected chi connectivity index (χ4v) is 1.28. The van der Waals surface area contributed by atoms with Gasteiger partial charge in [0, 0.05) is 19.3 Å². The molecule has 0 aromatic carbocycles. The molecule has 2 rings (SSSR count). The van der Waals surface area contributed by atoms with E-state index in [2.05, 4.69) is 10.4 Å². The van der Waals surface area contributed by atoms with E-state index < -0.39 is 0 Å². The highest BCUT2D eigenvalue weighted by atomic mass is 16.5. The first kappa shape index (κ1) is 9.92. The Labute approximate surface area is 87.7 Å². The summed E-state index contributed by atoms with van der Waals surface area (Å²) >= 11 is 0. The Bertz CT molecular complexity index is 380. The lowest BCUT2D eigenvalue weighted by molar-refractivity contribution is -0.120. The lowest BCUT2D eigenvalue weighted by Crippen LogP contribution is -2.48. The van der Waals surface area contributed by atoms with Gasteiger partial charge in [-0.05, 0) is 12.1 Å². The number of ether oxygens (including phenoxy) is 1. The summed E-state index contributed by atoms with van der Waals surface area (Å²) in [7, 11) is 1.83. The molecule has 0 saturated carbocycles. The molecule has 80 valence electrons. The van der Waals surface area contributed by atoms with Gasteiger partial charge in [-0.15, -0.1) is 0 Å². The SMILES string of the molecule is Cn1nccc1C=CC(=O)NC1COC1. The molecular weight excluding hydrogens is 194 g/mol. The van der Waals surface area contributed by atoms with E-state index >= 15 is 0 Å². The average Bonchev–Trinajstić information content (AvgIpc) is 2.55. The fraction of sp³-hybridized carbons (Fsp3) is 0.400. The number of hydrogen-bond acceptors (Lipinski definition) is 3. The van der Waals surface area contributed by atoms with Crippen molar-refractivity contribution in [3.63, 3.8) is 0 Å². The standard InChI is InChI=1S/C10H13N3O2/c1-13-9(4-5-11-13)2-3-10(14)12-8-6-15-7-8/h2-5,8H,6-7H2,1H3,(H,12,14). The second-order valence-electron chi connectivity index (χ2n) is 3.46. The van der Waals surface area contributed by atoms with Crippen LogP contribution < -0.4 is 5.32 Å². The molecule has 0 unspecified atom stereocenters. The molecule has 1 aromatic rings. The van der Waals surface area contributed by atoms with Gasteiger partial charge < -0.3 is 10.1 Å².